The molecule has 3 rings (SSSR count). The van der Waals surface area contributed by atoms with Gasteiger partial charge >= 0.3 is 0 Å². The van der Waals surface area contributed by atoms with Gasteiger partial charge in [0.15, 0.2) is 0 Å². The Balaban J connectivity index is 1.84. The highest BCUT2D eigenvalue weighted by Crippen LogP contribution is 2.24. The maximum absolute atomic E-state index is 12.4. The summed E-state index contributed by atoms with van der Waals surface area (Å²) in [5.41, 5.74) is 2.47. The number of thiophene rings is 1. The lowest BCUT2D eigenvalue weighted by atomic mass is 10.2. The Kier molecular flexibility index (Phi) is 3.77. The number of rotatable bonds is 4. The van der Waals surface area contributed by atoms with Gasteiger partial charge in [0.1, 0.15) is 10.5 Å². The number of carbonyl (C=O) groups is 1. The molecule has 2 heterocycles. The van der Waals surface area contributed by atoms with E-state index in [9.17, 15) is 4.79 Å². The first-order valence-electron chi connectivity index (χ1n) is 6.61. The quantitative estimate of drug-likeness (QED) is 0.799. The summed E-state index contributed by atoms with van der Waals surface area (Å²) in [7, 11) is 3.57. The first-order chi connectivity index (χ1) is 10.2. The molecule has 1 amide bonds. The molecule has 0 atom stereocenters. The van der Waals surface area contributed by atoms with Crippen LogP contribution in [0, 0.1) is 0 Å². The van der Waals surface area contributed by atoms with Crippen LogP contribution < -0.4 is 5.32 Å². The first-order valence-corrected chi connectivity index (χ1v) is 7.49. The number of ether oxygens (including phenoxy) is 1. The molecule has 0 spiro atoms. The zero-order valence-corrected chi connectivity index (χ0v) is 12.7. The van der Waals surface area contributed by atoms with Gasteiger partial charge < -0.3 is 14.6 Å². The summed E-state index contributed by atoms with van der Waals surface area (Å²) < 4.78 is 7.03. The average Bonchev–Trinajstić information content (AvgIpc) is 3.03. The van der Waals surface area contributed by atoms with E-state index in [0.717, 1.165) is 21.5 Å². The van der Waals surface area contributed by atoms with Crippen LogP contribution in [0.1, 0.15) is 16.1 Å². The summed E-state index contributed by atoms with van der Waals surface area (Å²) in [5.74, 6) is -0.101. The molecule has 0 aliphatic rings. The molecule has 0 aliphatic heterocycles. The highest BCUT2D eigenvalue weighted by Gasteiger charge is 2.14. The van der Waals surface area contributed by atoms with Crippen LogP contribution in [0.25, 0.3) is 10.2 Å². The number of hydrogen-bond acceptors (Lipinski definition) is 3. The lowest BCUT2D eigenvalue weighted by molar-refractivity contribution is 0.102. The molecule has 108 valence electrons. The number of carbonyl (C=O) groups excluding carboxylic acids is 1. The third-order valence-electron chi connectivity index (χ3n) is 3.36. The van der Waals surface area contributed by atoms with Crippen LogP contribution in [0.3, 0.4) is 0 Å². The van der Waals surface area contributed by atoms with Crippen molar-refractivity contribution in [1.29, 1.82) is 0 Å². The van der Waals surface area contributed by atoms with Crippen molar-refractivity contribution in [2.75, 3.05) is 12.4 Å². The maximum Gasteiger partial charge on any atom is 0.272 e. The van der Waals surface area contributed by atoms with Crippen molar-refractivity contribution in [1.82, 2.24) is 4.57 Å². The lowest BCUT2D eigenvalue weighted by Gasteiger charge is -2.08. The van der Waals surface area contributed by atoms with Crippen molar-refractivity contribution in [3.05, 3.63) is 53.0 Å². The maximum atomic E-state index is 12.4. The van der Waals surface area contributed by atoms with Gasteiger partial charge in [-0.05, 0) is 35.2 Å². The normalized spacial score (nSPS) is 11.0. The highest BCUT2D eigenvalue weighted by molar-refractivity contribution is 7.16. The Morgan fingerprint density at radius 3 is 2.95 bits per heavy atom. The molecule has 0 radical (unpaired) electrons. The van der Waals surface area contributed by atoms with E-state index in [2.05, 4.69) is 5.32 Å². The number of aryl methyl sites for hydroxylation is 1. The van der Waals surface area contributed by atoms with Crippen molar-refractivity contribution < 1.29 is 9.53 Å². The Morgan fingerprint density at radius 1 is 1.33 bits per heavy atom. The molecule has 4 nitrogen and oxygen atoms in total. The van der Waals surface area contributed by atoms with E-state index in [1.807, 2.05) is 53.4 Å². The number of methoxy groups -OCH3 is 1. The third kappa shape index (κ3) is 2.70. The van der Waals surface area contributed by atoms with Crippen molar-refractivity contribution in [3.63, 3.8) is 0 Å². The number of nitrogens with zero attached hydrogens (tertiary/aromatic N) is 1. The van der Waals surface area contributed by atoms with Crippen LogP contribution in [-0.4, -0.2) is 17.6 Å². The monoisotopic (exact) mass is 300 g/mol. The van der Waals surface area contributed by atoms with Crippen LogP contribution in [-0.2, 0) is 18.4 Å². The van der Waals surface area contributed by atoms with Crippen molar-refractivity contribution >= 4 is 33.1 Å². The van der Waals surface area contributed by atoms with E-state index >= 15 is 0 Å². The van der Waals surface area contributed by atoms with Gasteiger partial charge in [-0.25, -0.2) is 0 Å². The Morgan fingerprint density at radius 2 is 2.19 bits per heavy atom. The van der Waals surface area contributed by atoms with E-state index < -0.39 is 0 Å². The van der Waals surface area contributed by atoms with Crippen molar-refractivity contribution in [2.24, 2.45) is 7.05 Å². The van der Waals surface area contributed by atoms with Gasteiger partial charge in [0.05, 0.1) is 6.61 Å². The molecule has 21 heavy (non-hydrogen) atoms. The number of fused-ring (bicyclic) bond motifs is 1. The van der Waals surface area contributed by atoms with Gasteiger partial charge in [0.25, 0.3) is 5.91 Å². The van der Waals surface area contributed by atoms with Crippen LogP contribution in [0.4, 0.5) is 5.69 Å². The lowest BCUT2D eigenvalue weighted by Crippen LogP contribution is -2.15. The molecular weight excluding hydrogens is 284 g/mol. The fourth-order valence-electron chi connectivity index (χ4n) is 2.37. The molecule has 5 heteroatoms. The van der Waals surface area contributed by atoms with E-state index in [4.69, 9.17) is 4.74 Å². The second-order valence-electron chi connectivity index (χ2n) is 4.86. The van der Waals surface area contributed by atoms with Gasteiger partial charge in [-0.2, -0.15) is 0 Å². The molecule has 1 aromatic carbocycles. The predicted molar refractivity (Wildman–Crippen MR) is 85.9 cm³/mol. The number of aromatic nitrogens is 1. The molecule has 0 saturated heterocycles. The number of nitrogens with one attached hydrogen (secondary N) is 1. The smallest absolute Gasteiger partial charge is 0.272 e. The van der Waals surface area contributed by atoms with Crippen LogP contribution in [0.5, 0.6) is 0 Å². The Hall–Kier alpha value is -2.11. The predicted octanol–water partition coefficient (Wildman–Crippen LogP) is 3.64. The topological polar surface area (TPSA) is 43.3 Å². The molecule has 1 N–H and O–H groups in total. The molecule has 0 saturated carbocycles. The summed E-state index contributed by atoms with van der Waals surface area (Å²) in [6.07, 6.45) is 0. The molecule has 2 aromatic heterocycles. The van der Waals surface area contributed by atoms with Gasteiger partial charge in [0, 0.05) is 25.2 Å². The largest absolute Gasteiger partial charge is 0.380 e. The van der Waals surface area contributed by atoms with E-state index in [1.165, 1.54) is 0 Å². The van der Waals surface area contributed by atoms with Gasteiger partial charge in [0.2, 0.25) is 0 Å². The Labute approximate surface area is 127 Å². The molecule has 3 aromatic rings. The third-order valence-corrected chi connectivity index (χ3v) is 4.37. The second-order valence-corrected chi connectivity index (χ2v) is 5.75. The number of amides is 1. The minimum Gasteiger partial charge on any atom is -0.380 e. The number of hydrogen-bond donors (Lipinski definition) is 1. The highest BCUT2D eigenvalue weighted by atomic mass is 32.1. The standard InChI is InChI=1S/C16H16N2O2S/c1-18-14(9-12-6-7-21-16(12)18)15(19)17-13-5-3-4-11(8-13)10-20-2/h3-9H,10H2,1-2H3,(H,17,19). The van der Waals surface area contributed by atoms with Crippen LogP contribution in [0.2, 0.25) is 0 Å². The summed E-state index contributed by atoms with van der Waals surface area (Å²) in [6, 6.07) is 11.6. The van der Waals surface area contributed by atoms with E-state index in [1.54, 1.807) is 18.4 Å². The fourth-order valence-corrected chi connectivity index (χ4v) is 3.23. The molecule has 0 fully saturated rings. The van der Waals surface area contributed by atoms with Gasteiger partial charge in [-0.15, -0.1) is 11.3 Å². The zero-order chi connectivity index (χ0) is 14.8. The van der Waals surface area contributed by atoms with Crippen molar-refractivity contribution in [2.45, 2.75) is 6.61 Å². The fraction of sp³-hybridized carbons (Fsp3) is 0.188. The minimum absolute atomic E-state index is 0.101. The summed E-state index contributed by atoms with van der Waals surface area (Å²) in [5, 5.41) is 6.06. The second kappa shape index (κ2) is 5.71. The van der Waals surface area contributed by atoms with Crippen LogP contribution in [0.15, 0.2) is 41.8 Å². The summed E-state index contributed by atoms with van der Waals surface area (Å²) >= 11 is 1.63. The van der Waals surface area contributed by atoms with Crippen LogP contribution >= 0.6 is 11.3 Å². The molecule has 0 aliphatic carbocycles. The molecular formula is C16H16N2O2S. The number of benzene rings is 1. The van der Waals surface area contributed by atoms with Crippen molar-refractivity contribution in [3.8, 4) is 0 Å². The van der Waals surface area contributed by atoms with E-state index in [0.29, 0.717) is 12.3 Å². The summed E-state index contributed by atoms with van der Waals surface area (Å²) in [4.78, 5) is 13.5. The average molecular weight is 300 g/mol. The SMILES string of the molecule is COCc1cccc(NC(=O)c2cc3ccsc3n2C)c1. The minimum atomic E-state index is -0.101. The number of anilines is 1. The van der Waals surface area contributed by atoms with Gasteiger partial charge in [-0.1, -0.05) is 12.1 Å². The Bertz CT molecular complexity index is 789. The molecule has 0 bridgehead atoms. The molecule has 0 unspecified atom stereocenters. The first kappa shape index (κ1) is 13.9. The van der Waals surface area contributed by atoms with Gasteiger partial charge in [-0.3, -0.25) is 4.79 Å². The zero-order valence-electron chi connectivity index (χ0n) is 11.9. The summed E-state index contributed by atoms with van der Waals surface area (Å²) in [6.45, 7) is 0.531. The van der Waals surface area contributed by atoms with E-state index in [-0.39, 0.29) is 5.91 Å².